The van der Waals surface area contributed by atoms with E-state index < -0.39 is 0 Å². The third-order valence-corrected chi connectivity index (χ3v) is 5.01. The summed E-state index contributed by atoms with van der Waals surface area (Å²) in [6, 6.07) is 15.1. The number of nitrogens with one attached hydrogen (secondary N) is 2. The molecule has 1 aromatic heterocycles. The minimum Gasteiger partial charge on any atom is -0.653 e. The van der Waals surface area contributed by atoms with Gasteiger partial charge in [-0.25, -0.2) is 9.97 Å². The number of benzene rings is 2. The number of hydrogen-bond donors (Lipinski definition) is 3. The summed E-state index contributed by atoms with van der Waals surface area (Å²) < 4.78 is 12.2. The van der Waals surface area contributed by atoms with Crippen LogP contribution in [0.1, 0.15) is 0 Å². The number of nitrogens with zero attached hydrogens (tertiary/aromatic N) is 4. The van der Waals surface area contributed by atoms with Crippen LogP contribution in [0, 0.1) is 0 Å². The van der Waals surface area contributed by atoms with Crippen LogP contribution in [0.5, 0.6) is 5.75 Å². The molecule has 1 aliphatic heterocycles. The van der Waals surface area contributed by atoms with Gasteiger partial charge in [-0.05, 0) is 36.4 Å². The second-order valence-corrected chi connectivity index (χ2v) is 7.23. The molecule has 10 heteroatoms. The maximum Gasteiger partial charge on any atom is 0.179 e. The summed E-state index contributed by atoms with van der Waals surface area (Å²) in [5.41, 5.74) is 15.1. The number of morpholine rings is 1. The highest BCUT2D eigenvalue weighted by Gasteiger charge is 2.18. The van der Waals surface area contributed by atoms with Crippen molar-refractivity contribution < 1.29 is 9.47 Å². The Hall–Kier alpha value is -3.21. The molecule has 4 rings (SSSR count). The van der Waals surface area contributed by atoms with Gasteiger partial charge in [-0.15, -0.1) is 0 Å². The Kier molecular flexibility index (Phi) is 6.60. The molecular weight excluding hydrogens is 414 g/mol. The average molecular weight is 439 g/mol. The van der Waals surface area contributed by atoms with Crippen LogP contribution in [0.3, 0.4) is 0 Å². The SMILES string of the molecule is COc1cnc(-c2ccc(NN([S-])Nc3ccccc3N)cc2)nc1N1CCOCC1. The molecule has 0 atom stereocenters. The van der Waals surface area contributed by atoms with E-state index in [1.54, 1.807) is 19.4 Å². The molecule has 2 aromatic carbocycles. The third kappa shape index (κ3) is 5.10. The molecule has 31 heavy (non-hydrogen) atoms. The Labute approximate surface area is 186 Å². The van der Waals surface area contributed by atoms with Crippen molar-refractivity contribution in [3.8, 4) is 17.1 Å². The number of methoxy groups -OCH3 is 1. The molecule has 162 valence electrons. The number of ether oxygens (including phenoxy) is 2. The van der Waals surface area contributed by atoms with Gasteiger partial charge < -0.3 is 43.8 Å². The predicted molar refractivity (Wildman–Crippen MR) is 124 cm³/mol. The molecule has 1 saturated heterocycles. The number of nitrogen functional groups attached to an aromatic ring is 1. The second kappa shape index (κ2) is 9.73. The number of rotatable bonds is 7. The fourth-order valence-corrected chi connectivity index (χ4v) is 3.40. The molecule has 0 unspecified atom stereocenters. The highest BCUT2D eigenvalue weighted by atomic mass is 32.1. The van der Waals surface area contributed by atoms with E-state index in [0.717, 1.165) is 35.8 Å². The van der Waals surface area contributed by atoms with Crippen LogP contribution in [0.15, 0.2) is 54.7 Å². The first-order valence-electron chi connectivity index (χ1n) is 9.83. The van der Waals surface area contributed by atoms with Gasteiger partial charge in [0.2, 0.25) is 0 Å². The van der Waals surface area contributed by atoms with Gasteiger partial charge in [0.25, 0.3) is 0 Å². The molecule has 2 heterocycles. The van der Waals surface area contributed by atoms with Gasteiger partial charge in [-0.3, -0.25) is 4.52 Å². The van der Waals surface area contributed by atoms with Crippen molar-refractivity contribution in [1.29, 1.82) is 0 Å². The van der Waals surface area contributed by atoms with Crippen LogP contribution in [0.4, 0.5) is 22.9 Å². The molecule has 9 nitrogen and oxygen atoms in total. The standard InChI is InChI=1S/C21H24N7O2S/c1-29-19-14-23-20(24-21(19)27-10-12-30-13-11-27)15-6-8-16(9-7-15)25-28(31)26-18-5-3-2-4-17(18)22/h2-9,14,25-26H,10-13,22H2,1H3/q-1. The van der Waals surface area contributed by atoms with Crippen molar-refractivity contribution in [2.45, 2.75) is 0 Å². The summed E-state index contributed by atoms with van der Waals surface area (Å²) in [4.78, 5) is 11.4. The predicted octanol–water partition coefficient (Wildman–Crippen LogP) is 2.69. The first-order valence-corrected chi connectivity index (χ1v) is 10.2. The zero-order valence-electron chi connectivity index (χ0n) is 17.1. The lowest BCUT2D eigenvalue weighted by Gasteiger charge is -2.32. The van der Waals surface area contributed by atoms with E-state index in [-0.39, 0.29) is 0 Å². The lowest BCUT2D eigenvalue weighted by molar-refractivity contribution is 0.122. The van der Waals surface area contributed by atoms with Crippen molar-refractivity contribution in [3.63, 3.8) is 0 Å². The molecule has 0 spiro atoms. The Morgan fingerprint density at radius 3 is 2.55 bits per heavy atom. The second-order valence-electron chi connectivity index (χ2n) is 6.87. The summed E-state index contributed by atoms with van der Waals surface area (Å²) in [5.74, 6) is 2.05. The minimum absolute atomic E-state index is 0.613. The number of hydrazine groups is 2. The molecule has 0 aliphatic carbocycles. The van der Waals surface area contributed by atoms with Gasteiger partial charge in [0.1, 0.15) is 0 Å². The molecule has 4 N–H and O–H groups in total. The maximum atomic E-state index is 5.94. The van der Waals surface area contributed by atoms with E-state index in [4.69, 9.17) is 33.0 Å². The molecule has 0 amide bonds. The van der Waals surface area contributed by atoms with Crippen LogP contribution in [0.2, 0.25) is 0 Å². The van der Waals surface area contributed by atoms with Crippen LogP contribution in [-0.2, 0) is 17.6 Å². The van der Waals surface area contributed by atoms with Gasteiger partial charge >= 0.3 is 0 Å². The molecule has 1 fully saturated rings. The van der Waals surface area contributed by atoms with Crippen LogP contribution in [-0.4, -0.2) is 47.9 Å². The van der Waals surface area contributed by atoms with Crippen LogP contribution >= 0.6 is 0 Å². The number of aromatic nitrogens is 2. The van der Waals surface area contributed by atoms with Gasteiger partial charge in [-0.1, -0.05) is 12.1 Å². The molecule has 3 aromatic rings. The number of para-hydroxylation sites is 2. The van der Waals surface area contributed by atoms with E-state index in [1.165, 1.54) is 4.52 Å². The fourth-order valence-electron chi connectivity index (χ4n) is 3.19. The van der Waals surface area contributed by atoms with Gasteiger partial charge in [-0.2, -0.15) is 0 Å². The Balaban J connectivity index is 1.47. The lowest BCUT2D eigenvalue weighted by Crippen LogP contribution is -2.37. The smallest absolute Gasteiger partial charge is 0.179 e. The van der Waals surface area contributed by atoms with E-state index in [0.29, 0.717) is 30.5 Å². The van der Waals surface area contributed by atoms with E-state index in [1.807, 2.05) is 42.5 Å². The van der Waals surface area contributed by atoms with Crippen molar-refractivity contribution in [2.75, 3.05) is 54.9 Å². The van der Waals surface area contributed by atoms with Gasteiger partial charge in [0.15, 0.2) is 17.4 Å². The van der Waals surface area contributed by atoms with Crippen molar-refractivity contribution in [1.82, 2.24) is 14.5 Å². The Bertz CT molecular complexity index is 1010. The number of hydrogen-bond acceptors (Lipinski definition) is 10. The summed E-state index contributed by atoms with van der Waals surface area (Å²) in [6.45, 7) is 2.87. The summed E-state index contributed by atoms with van der Waals surface area (Å²) in [5, 5.41) is 0. The quantitative estimate of drug-likeness (QED) is 0.290. The highest BCUT2D eigenvalue weighted by Crippen LogP contribution is 2.29. The first kappa shape index (κ1) is 21.0. The van der Waals surface area contributed by atoms with Crippen molar-refractivity contribution in [3.05, 3.63) is 54.7 Å². The van der Waals surface area contributed by atoms with Crippen LogP contribution < -0.4 is 26.2 Å². The third-order valence-electron chi connectivity index (χ3n) is 4.82. The summed E-state index contributed by atoms with van der Waals surface area (Å²) in [6.07, 6.45) is 1.71. The molecule has 0 saturated carbocycles. The Morgan fingerprint density at radius 1 is 1.10 bits per heavy atom. The highest BCUT2D eigenvalue weighted by molar-refractivity contribution is 7.56. The largest absolute Gasteiger partial charge is 0.653 e. The van der Waals surface area contributed by atoms with E-state index in [9.17, 15) is 0 Å². The average Bonchev–Trinajstić information content (AvgIpc) is 2.81. The monoisotopic (exact) mass is 438 g/mol. The molecule has 1 aliphatic rings. The maximum absolute atomic E-state index is 5.94. The summed E-state index contributed by atoms with van der Waals surface area (Å²) in [7, 11) is 1.63. The zero-order valence-corrected chi connectivity index (χ0v) is 17.9. The number of anilines is 4. The number of nitrogens with two attached hydrogens (primary N) is 1. The first-order chi connectivity index (χ1) is 15.1. The zero-order chi connectivity index (χ0) is 21.6. The van der Waals surface area contributed by atoms with E-state index >= 15 is 0 Å². The Morgan fingerprint density at radius 2 is 1.84 bits per heavy atom. The normalized spacial score (nSPS) is 13.8. The van der Waals surface area contributed by atoms with Crippen molar-refractivity contribution in [2.24, 2.45) is 0 Å². The lowest BCUT2D eigenvalue weighted by atomic mass is 10.2. The van der Waals surface area contributed by atoms with Gasteiger partial charge in [0.05, 0.1) is 37.9 Å². The minimum atomic E-state index is 0.613. The molecule has 0 radical (unpaired) electrons. The fraction of sp³-hybridized carbons (Fsp3) is 0.238. The van der Waals surface area contributed by atoms with Crippen molar-refractivity contribution >= 4 is 35.7 Å². The molecule has 0 bridgehead atoms. The topological polar surface area (TPSA) is 101 Å². The van der Waals surface area contributed by atoms with Crippen LogP contribution in [0.25, 0.3) is 11.4 Å². The van der Waals surface area contributed by atoms with E-state index in [2.05, 4.69) is 20.7 Å². The van der Waals surface area contributed by atoms with Gasteiger partial charge in [0, 0.05) is 24.3 Å². The molecular formula is C21H24N7O2S-. The summed E-state index contributed by atoms with van der Waals surface area (Å²) >= 11 is 5.31.